The molecule has 0 saturated carbocycles. The maximum absolute atomic E-state index is 12.4. The molecule has 0 aromatic heterocycles. The van der Waals surface area contributed by atoms with Gasteiger partial charge in [0.05, 0.1) is 0 Å². The molecule has 29 heavy (non-hydrogen) atoms. The lowest BCUT2D eigenvalue weighted by atomic mass is 10.1. The lowest BCUT2D eigenvalue weighted by molar-refractivity contribution is -0.112. The fourth-order valence-corrected chi connectivity index (χ4v) is 2.70. The summed E-state index contributed by atoms with van der Waals surface area (Å²) in [5, 5.41) is 12.2. The third-order valence-electron chi connectivity index (χ3n) is 4.37. The summed E-state index contributed by atoms with van der Waals surface area (Å²) in [5.41, 5.74) is 4.78. The van der Waals surface area contributed by atoms with Gasteiger partial charge in [-0.1, -0.05) is 59.7 Å². The van der Waals surface area contributed by atoms with E-state index in [1.54, 1.807) is 6.08 Å². The fourth-order valence-electron chi connectivity index (χ4n) is 2.70. The van der Waals surface area contributed by atoms with Crippen molar-refractivity contribution >= 4 is 17.7 Å². The second-order valence-corrected chi connectivity index (χ2v) is 6.84. The minimum Gasteiger partial charge on any atom is -0.489 e. The summed E-state index contributed by atoms with van der Waals surface area (Å²) in [4.78, 5) is 12.4. The number of ether oxygens (including phenoxy) is 1. The van der Waals surface area contributed by atoms with Gasteiger partial charge in [-0.05, 0) is 55.3 Å². The zero-order valence-electron chi connectivity index (χ0n) is 16.5. The first kappa shape index (κ1) is 19.9. The molecule has 4 heteroatoms. The normalized spacial score (nSPS) is 10.9. The van der Waals surface area contributed by atoms with Crippen LogP contribution in [0.2, 0.25) is 0 Å². The van der Waals surface area contributed by atoms with Crippen LogP contribution in [0.1, 0.15) is 22.3 Å². The molecule has 0 fully saturated rings. The van der Waals surface area contributed by atoms with Crippen LogP contribution in [0.3, 0.4) is 0 Å². The van der Waals surface area contributed by atoms with Gasteiger partial charge in [0.25, 0.3) is 5.91 Å². The van der Waals surface area contributed by atoms with Crippen molar-refractivity contribution in [3.05, 3.63) is 101 Å². The monoisotopic (exact) mass is 382 g/mol. The molecule has 3 aromatic carbocycles. The lowest BCUT2D eigenvalue weighted by Crippen LogP contribution is -2.13. The van der Waals surface area contributed by atoms with Crippen LogP contribution in [0.4, 0.5) is 5.69 Å². The number of nitriles is 1. The van der Waals surface area contributed by atoms with Crippen molar-refractivity contribution in [3.63, 3.8) is 0 Å². The van der Waals surface area contributed by atoms with E-state index in [4.69, 9.17) is 4.74 Å². The first-order valence-electron chi connectivity index (χ1n) is 9.32. The van der Waals surface area contributed by atoms with Crippen molar-refractivity contribution in [3.8, 4) is 11.8 Å². The Morgan fingerprint density at radius 1 is 1.00 bits per heavy atom. The number of carbonyl (C=O) groups is 1. The molecule has 1 amide bonds. The van der Waals surface area contributed by atoms with E-state index < -0.39 is 5.91 Å². The number of amides is 1. The van der Waals surface area contributed by atoms with Crippen LogP contribution in [0.25, 0.3) is 6.08 Å². The van der Waals surface area contributed by atoms with Gasteiger partial charge >= 0.3 is 0 Å². The van der Waals surface area contributed by atoms with Crippen molar-refractivity contribution in [2.24, 2.45) is 0 Å². The highest BCUT2D eigenvalue weighted by molar-refractivity contribution is 6.09. The van der Waals surface area contributed by atoms with E-state index in [0.717, 1.165) is 16.7 Å². The summed E-state index contributed by atoms with van der Waals surface area (Å²) in [6, 6.07) is 24.9. The predicted octanol–water partition coefficient (Wildman–Crippen LogP) is 5.43. The number of hydrogen-bond donors (Lipinski definition) is 1. The van der Waals surface area contributed by atoms with E-state index in [-0.39, 0.29) is 5.57 Å². The summed E-state index contributed by atoms with van der Waals surface area (Å²) in [6.07, 6.45) is 1.56. The summed E-state index contributed by atoms with van der Waals surface area (Å²) >= 11 is 0. The Balaban J connectivity index is 1.69. The molecule has 0 bridgehead atoms. The molecule has 0 heterocycles. The van der Waals surface area contributed by atoms with Gasteiger partial charge in [0.2, 0.25) is 0 Å². The molecule has 1 N–H and O–H groups in total. The van der Waals surface area contributed by atoms with Crippen LogP contribution in [0.15, 0.2) is 78.4 Å². The molecule has 4 nitrogen and oxygen atoms in total. The van der Waals surface area contributed by atoms with Crippen molar-refractivity contribution in [1.82, 2.24) is 0 Å². The molecule has 3 aromatic rings. The second kappa shape index (κ2) is 9.38. The molecule has 0 radical (unpaired) electrons. The number of rotatable bonds is 6. The minimum absolute atomic E-state index is 0.0289. The standard InChI is InChI=1S/C25H22N2O2/c1-18-6-10-20(11-7-18)17-29-24-5-3-4-21(15-24)14-22(16-26)25(28)27-23-12-8-19(2)9-13-23/h3-15H,17H2,1-2H3,(H,27,28)/b22-14+. The second-order valence-electron chi connectivity index (χ2n) is 6.84. The third kappa shape index (κ3) is 5.82. The Kier molecular flexibility index (Phi) is 6.44. The average Bonchev–Trinajstić information content (AvgIpc) is 2.73. The number of anilines is 1. The Morgan fingerprint density at radius 2 is 1.66 bits per heavy atom. The molecule has 3 rings (SSSR count). The van der Waals surface area contributed by atoms with Crippen molar-refractivity contribution < 1.29 is 9.53 Å². The van der Waals surface area contributed by atoms with Gasteiger partial charge in [-0.3, -0.25) is 4.79 Å². The number of nitrogens with zero attached hydrogens (tertiary/aromatic N) is 1. The van der Waals surface area contributed by atoms with E-state index >= 15 is 0 Å². The van der Waals surface area contributed by atoms with Crippen molar-refractivity contribution in [2.45, 2.75) is 20.5 Å². The van der Waals surface area contributed by atoms with E-state index in [2.05, 4.69) is 5.32 Å². The van der Waals surface area contributed by atoms with Gasteiger partial charge in [0, 0.05) is 5.69 Å². The minimum atomic E-state index is -0.442. The first-order chi connectivity index (χ1) is 14.0. The molecule has 0 atom stereocenters. The molecular weight excluding hydrogens is 360 g/mol. The Hall–Kier alpha value is -3.84. The molecule has 0 aliphatic carbocycles. The number of aryl methyl sites for hydroxylation is 2. The third-order valence-corrected chi connectivity index (χ3v) is 4.37. The van der Waals surface area contributed by atoms with E-state index in [9.17, 15) is 10.1 Å². The van der Waals surface area contributed by atoms with Crippen LogP contribution < -0.4 is 10.1 Å². The van der Waals surface area contributed by atoms with Crippen molar-refractivity contribution in [2.75, 3.05) is 5.32 Å². The Labute approximate surface area is 171 Å². The zero-order chi connectivity index (χ0) is 20.6. The van der Waals surface area contributed by atoms with Crippen LogP contribution in [0.5, 0.6) is 5.75 Å². The number of nitrogens with one attached hydrogen (secondary N) is 1. The molecule has 144 valence electrons. The van der Waals surface area contributed by atoms with Gasteiger partial charge in [-0.2, -0.15) is 5.26 Å². The van der Waals surface area contributed by atoms with Crippen LogP contribution >= 0.6 is 0 Å². The average molecular weight is 382 g/mol. The van der Waals surface area contributed by atoms with Gasteiger partial charge < -0.3 is 10.1 Å². The lowest BCUT2D eigenvalue weighted by Gasteiger charge is -2.08. The summed E-state index contributed by atoms with van der Waals surface area (Å²) in [5.74, 6) is 0.234. The molecule has 0 saturated heterocycles. The summed E-state index contributed by atoms with van der Waals surface area (Å²) in [7, 11) is 0. The van der Waals surface area contributed by atoms with Gasteiger partial charge in [0.15, 0.2) is 0 Å². The van der Waals surface area contributed by atoms with Crippen LogP contribution in [-0.2, 0) is 11.4 Å². The Morgan fingerprint density at radius 3 is 2.31 bits per heavy atom. The smallest absolute Gasteiger partial charge is 0.266 e. The summed E-state index contributed by atoms with van der Waals surface area (Å²) < 4.78 is 5.84. The maximum atomic E-state index is 12.4. The highest BCUT2D eigenvalue weighted by Crippen LogP contribution is 2.18. The van der Waals surface area contributed by atoms with Crippen molar-refractivity contribution in [1.29, 1.82) is 5.26 Å². The summed E-state index contributed by atoms with van der Waals surface area (Å²) in [6.45, 7) is 4.47. The first-order valence-corrected chi connectivity index (χ1v) is 9.32. The molecule has 0 spiro atoms. The van der Waals surface area contributed by atoms with Gasteiger partial charge in [-0.15, -0.1) is 0 Å². The Bertz CT molecular complexity index is 1060. The highest BCUT2D eigenvalue weighted by Gasteiger charge is 2.10. The number of hydrogen-bond acceptors (Lipinski definition) is 3. The predicted molar refractivity (Wildman–Crippen MR) is 115 cm³/mol. The SMILES string of the molecule is Cc1ccc(COc2cccc(/C=C(\C#N)C(=O)Nc3ccc(C)cc3)c2)cc1. The highest BCUT2D eigenvalue weighted by atomic mass is 16.5. The molecular formula is C25H22N2O2. The molecule has 0 unspecified atom stereocenters. The fraction of sp³-hybridized carbons (Fsp3) is 0.120. The van der Waals surface area contributed by atoms with Gasteiger partial charge in [-0.25, -0.2) is 0 Å². The van der Waals surface area contributed by atoms with Crippen LogP contribution in [0, 0.1) is 25.2 Å². The van der Waals surface area contributed by atoms with E-state index in [0.29, 0.717) is 18.0 Å². The largest absolute Gasteiger partial charge is 0.489 e. The van der Waals surface area contributed by atoms with Gasteiger partial charge in [0.1, 0.15) is 24.0 Å². The quantitative estimate of drug-likeness (QED) is 0.457. The van der Waals surface area contributed by atoms with E-state index in [1.165, 1.54) is 5.56 Å². The zero-order valence-corrected chi connectivity index (χ0v) is 16.5. The maximum Gasteiger partial charge on any atom is 0.266 e. The van der Waals surface area contributed by atoms with E-state index in [1.807, 2.05) is 92.7 Å². The topological polar surface area (TPSA) is 62.1 Å². The number of carbonyl (C=O) groups excluding carboxylic acids is 1. The van der Waals surface area contributed by atoms with Crippen LogP contribution in [-0.4, -0.2) is 5.91 Å². The number of benzene rings is 3. The molecule has 0 aliphatic heterocycles. The molecule has 0 aliphatic rings.